The Morgan fingerprint density at radius 3 is 2.56 bits per heavy atom. The van der Waals surface area contributed by atoms with Gasteiger partial charge in [0.15, 0.2) is 0 Å². The topological polar surface area (TPSA) is 40.6 Å². The maximum Gasteiger partial charge on any atom is 0.267 e. The van der Waals surface area contributed by atoms with Gasteiger partial charge in [0.1, 0.15) is 0 Å². The third-order valence-electron chi connectivity index (χ3n) is 2.40. The maximum absolute atomic E-state index is 11.9. The molecule has 0 radical (unpaired) electrons. The molecule has 2 rings (SSSR count). The van der Waals surface area contributed by atoms with Gasteiger partial charge in [-0.2, -0.15) is 0 Å². The van der Waals surface area contributed by atoms with E-state index in [0.29, 0.717) is 17.7 Å². The highest BCUT2D eigenvalue weighted by Crippen LogP contribution is 2.35. The number of hydrogen-bond acceptors (Lipinski definition) is 3. The lowest BCUT2D eigenvalue weighted by atomic mass is 10.1. The largest absolute Gasteiger partial charge is 0.383 e. The minimum Gasteiger partial charge on any atom is -0.383 e. The first kappa shape index (κ1) is 10.4. The van der Waals surface area contributed by atoms with Crippen molar-refractivity contribution < 1.29 is 9.59 Å². The lowest BCUT2D eigenvalue weighted by molar-refractivity contribution is -0.117. The molecule has 4 nitrogen and oxygen atoms in total. The second-order valence-electron chi connectivity index (χ2n) is 3.80. The van der Waals surface area contributed by atoms with Crippen molar-refractivity contribution in [1.82, 2.24) is 4.90 Å². The van der Waals surface area contributed by atoms with Gasteiger partial charge in [0, 0.05) is 25.9 Å². The van der Waals surface area contributed by atoms with Gasteiger partial charge in [0.25, 0.3) is 5.91 Å². The summed E-state index contributed by atoms with van der Waals surface area (Å²) in [4.78, 5) is 25.7. The molecule has 1 aliphatic heterocycles. The van der Waals surface area contributed by atoms with Crippen molar-refractivity contribution in [2.45, 2.75) is 0 Å². The van der Waals surface area contributed by atoms with Crippen molar-refractivity contribution in [2.75, 3.05) is 19.0 Å². The SMILES string of the molecule is CN(C)C=C1C(=O)N(C=O)c2ccccc21. The number of hydrogen-bond donors (Lipinski definition) is 0. The lowest BCUT2D eigenvalue weighted by Gasteiger charge is -2.07. The van der Waals surface area contributed by atoms with Gasteiger partial charge >= 0.3 is 0 Å². The summed E-state index contributed by atoms with van der Waals surface area (Å²) >= 11 is 0. The molecular formula is C12H12N2O2. The molecule has 0 bridgehead atoms. The highest BCUT2D eigenvalue weighted by atomic mass is 16.2. The van der Waals surface area contributed by atoms with Crippen LogP contribution in [0.1, 0.15) is 5.56 Å². The molecule has 0 aromatic heterocycles. The number of carbonyl (C=O) groups is 2. The Hall–Kier alpha value is -2.10. The van der Waals surface area contributed by atoms with Crippen LogP contribution < -0.4 is 4.90 Å². The highest BCUT2D eigenvalue weighted by molar-refractivity contribution is 6.37. The van der Waals surface area contributed by atoms with Crippen molar-refractivity contribution >= 4 is 23.6 Å². The smallest absolute Gasteiger partial charge is 0.267 e. The van der Waals surface area contributed by atoms with E-state index < -0.39 is 0 Å². The van der Waals surface area contributed by atoms with Crippen LogP contribution in [0.2, 0.25) is 0 Å². The van der Waals surface area contributed by atoms with Gasteiger partial charge in [-0.15, -0.1) is 0 Å². The molecule has 82 valence electrons. The summed E-state index contributed by atoms with van der Waals surface area (Å²) in [5.41, 5.74) is 2.00. The van der Waals surface area contributed by atoms with Gasteiger partial charge in [0.2, 0.25) is 6.41 Å². The summed E-state index contributed by atoms with van der Waals surface area (Å²) in [5.74, 6) is -0.273. The average Bonchev–Trinajstić information content (AvgIpc) is 2.52. The van der Waals surface area contributed by atoms with Crippen molar-refractivity contribution in [3.8, 4) is 0 Å². The van der Waals surface area contributed by atoms with Crippen molar-refractivity contribution in [3.05, 3.63) is 36.0 Å². The molecule has 0 fully saturated rings. The van der Waals surface area contributed by atoms with Gasteiger partial charge in [-0.25, -0.2) is 4.90 Å². The Morgan fingerprint density at radius 2 is 1.94 bits per heavy atom. The zero-order valence-corrected chi connectivity index (χ0v) is 9.18. The van der Waals surface area contributed by atoms with E-state index >= 15 is 0 Å². The summed E-state index contributed by atoms with van der Waals surface area (Å²) < 4.78 is 0. The standard InChI is InChI=1S/C12H12N2O2/c1-13(2)7-10-9-5-3-4-6-11(9)14(8-15)12(10)16/h3-8H,1-2H3. The number of imide groups is 1. The first-order chi connectivity index (χ1) is 7.65. The molecule has 0 saturated carbocycles. The molecular weight excluding hydrogens is 204 g/mol. The Bertz CT molecular complexity index is 478. The highest BCUT2D eigenvalue weighted by Gasteiger charge is 2.31. The van der Waals surface area contributed by atoms with Crippen LogP contribution in [0.25, 0.3) is 5.57 Å². The van der Waals surface area contributed by atoms with Crippen LogP contribution in [-0.2, 0) is 9.59 Å². The second-order valence-corrected chi connectivity index (χ2v) is 3.80. The molecule has 0 atom stereocenters. The summed E-state index contributed by atoms with van der Waals surface area (Å²) in [6.45, 7) is 0. The predicted octanol–water partition coefficient (Wildman–Crippen LogP) is 1.09. The van der Waals surface area contributed by atoms with E-state index in [1.54, 1.807) is 23.2 Å². The minimum atomic E-state index is -0.273. The zero-order valence-electron chi connectivity index (χ0n) is 9.18. The van der Waals surface area contributed by atoms with E-state index in [2.05, 4.69) is 0 Å². The Kier molecular flexibility index (Phi) is 2.48. The van der Waals surface area contributed by atoms with Crippen molar-refractivity contribution in [1.29, 1.82) is 0 Å². The molecule has 1 aromatic carbocycles. The Balaban J connectivity index is 2.59. The quantitative estimate of drug-likeness (QED) is 0.549. The second kappa shape index (κ2) is 3.81. The summed E-state index contributed by atoms with van der Waals surface area (Å²) in [6.07, 6.45) is 2.28. The monoisotopic (exact) mass is 216 g/mol. The molecule has 4 heteroatoms. The fraction of sp³-hybridized carbons (Fsp3) is 0.167. The number of nitrogens with zero attached hydrogens (tertiary/aromatic N) is 2. The molecule has 0 saturated heterocycles. The molecule has 0 unspecified atom stereocenters. The average molecular weight is 216 g/mol. The van der Waals surface area contributed by atoms with Crippen LogP contribution in [0.4, 0.5) is 5.69 Å². The third-order valence-corrected chi connectivity index (χ3v) is 2.40. The third kappa shape index (κ3) is 1.48. The number of benzene rings is 1. The number of amides is 2. The molecule has 1 aromatic rings. The van der Waals surface area contributed by atoms with Crippen LogP contribution in [0.15, 0.2) is 30.5 Å². The molecule has 0 spiro atoms. The number of fused-ring (bicyclic) bond motifs is 1. The minimum absolute atomic E-state index is 0.273. The molecule has 1 heterocycles. The molecule has 0 N–H and O–H groups in total. The first-order valence-electron chi connectivity index (χ1n) is 4.91. The van der Waals surface area contributed by atoms with Crippen molar-refractivity contribution in [3.63, 3.8) is 0 Å². The van der Waals surface area contributed by atoms with Gasteiger partial charge in [-0.05, 0) is 6.07 Å². The maximum atomic E-state index is 11.9. The number of carbonyl (C=O) groups excluding carboxylic acids is 2. The summed E-state index contributed by atoms with van der Waals surface area (Å²) in [7, 11) is 3.68. The van der Waals surface area contributed by atoms with Gasteiger partial charge in [0.05, 0.1) is 11.3 Å². The van der Waals surface area contributed by atoms with E-state index in [4.69, 9.17) is 0 Å². The zero-order chi connectivity index (χ0) is 11.7. The van der Waals surface area contributed by atoms with E-state index in [-0.39, 0.29) is 5.91 Å². The van der Waals surface area contributed by atoms with E-state index in [0.717, 1.165) is 10.5 Å². The van der Waals surface area contributed by atoms with Crippen LogP contribution in [0, 0.1) is 0 Å². The lowest BCUT2D eigenvalue weighted by Crippen LogP contribution is -2.24. The van der Waals surface area contributed by atoms with Crippen molar-refractivity contribution in [2.24, 2.45) is 0 Å². The fourth-order valence-corrected chi connectivity index (χ4v) is 1.75. The fourth-order valence-electron chi connectivity index (χ4n) is 1.75. The molecule has 2 amide bonds. The van der Waals surface area contributed by atoms with Crippen LogP contribution in [-0.4, -0.2) is 31.3 Å². The predicted molar refractivity (Wildman–Crippen MR) is 61.7 cm³/mol. The van der Waals surface area contributed by atoms with Gasteiger partial charge in [-0.3, -0.25) is 9.59 Å². The molecule has 16 heavy (non-hydrogen) atoms. The number of anilines is 1. The normalized spacial score (nSPS) is 16.5. The van der Waals surface area contributed by atoms with E-state index in [9.17, 15) is 9.59 Å². The number of para-hydroxylation sites is 1. The Morgan fingerprint density at radius 1 is 1.25 bits per heavy atom. The van der Waals surface area contributed by atoms with Crippen LogP contribution in [0.3, 0.4) is 0 Å². The van der Waals surface area contributed by atoms with Crippen LogP contribution >= 0.6 is 0 Å². The molecule has 1 aliphatic rings. The first-order valence-corrected chi connectivity index (χ1v) is 4.91. The summed E-state index contributed by atoms with van der Waals surface area (Å²) in [6, 6.07) is 7.26. The van der Waals surface area contributed by atoms with Gasteiger partial charge < -0.3 is 4.90 Å². The Labute approximate surface area is 93.8 Å². The van der Waals surface area contributed by atoms with Crippen LogP contribution in [0.5, 0.6) is 0 Å². The van der Waals surface area contributed by atoms with Gasteiger partial charge in [-0.1, -0.05) is 18.2 Å². The summed E-state index contributed by atoms with van der Waals surface area (Å²) in [5, 5.41) is 0. The molecule has 0 aliphatic carbocycles. The van der Waals surface area contributed by atoms with E-state index in [1.807, 2.05) is 26.2 Å². The number of rotatable bonds is 2. The van der Waals surface area contributed by atoms with E-state index in [1.165, 1.54) is 0 Å².